The zero-order valence-electron chi connectivity index (χ0n) is 13.1. The summed E-state index contributed by atoms with van der Waals surface area (Å²) in [6, 6.07) is 4.19. The number of benzene rings is 1. The van der Waals surface area contributed by atoms with E-state index < -0.39 is 11.7 Å². The lowest BCUT2D eigenvalue weighted by Gasteiger charge is -2.32. The van der Waals surface area contributed by atoms with Gasteiger partial charge in [-0.3, -0.25) is 4.99 Å². The summed E-state index contributed by atoms with van der Waals surface area (Å²) in [5.74, 6) is 0.665. The van der Waals surface area contributed by atoms with Crippen LogP contribution in [0.1, 0.15) is 37.8 Å². The summed E-state index contributed by atoms with van der Waals surface area (Å²) < 4.78 is 38.4. The van der Waals surface area contributed by atoms with Gasteiger partial charge in [-0.25, -0.2) is 0 Å². The van der Waals surface area contributed by atoms with Crippen molar-refractivity contribution in [2.24, 2.45) is 10.7 Å². The second kappa shape index (κ2) is 6.18. The SMILES string of the molecule is Cc1cc(C(F)(F)F)ccc1N(C[C@H]1CCC(N)=N1)C(C)C. The van der Waals surface area contributed by atoms with E-state index in [1.165, 1.54) is 6.07 Å². The largest absolute Gasteiger partial charge is 0.416 e. The number of aliphatic imine (C=N–C) groups is 1. The summed E-state index contributed by atoms with van der Waals surface area (Å²) in [4.78, 5) is 6.49. The van der Waals surface area contributed by atoms with Gasteiger partial charge in [-0.1, -0.05) is 0 Å². The van der Waals surface area contributed by atoms with Crippen molar-refractivity contribution in [1.29, 1.82) is 0 Å². The van der Waals surface area contributed by atoms with Crippen LogP contribution in [-0.4, -0.2) is 24.5 Å². The Kier molecular flexibility index (Phi) is 4.68. The van der Waals surface area contributed by atoms with Crippen molar-refractivity contribution >= 4 is 11.5 Å². The molecule has 0 aliphatic carbocycles. The highest BCUT2D eigenvalue weighted by Gasteiger charge is 2.31. The van der Waals surface area contributed by atoms with Crippen molar-refractivity contribution in [3.05, 3.63) is 29.3 Å². The minimum atomic E-state index is -4.31. The van der Waals surface area contributed by atoms with E-state index in [4.69, 9.17) is 5.73 Å². The molecule has 1 heterocycles. The number of rotatable bonds is 4. The van der Waals surface area contributed by atoms with Gasteiger partial charge in [-0.05, 0) is 51.0 Å². The van der Waals surface area contributed by atoms with Crippen LogP contribution in [0.4, 0.5) is 18.9 Å². The molecule has 0 spiro atoms. The molecule has 1 atom stereocenters. The monoisotopic (exact) mass is 313 g/mol. The van der Waals surface area contributed by atoms with Crippen LogP contribution in [-0.2, 0) is 6.18 Å². The van der Waals surface area contributed by atoms with Crippen LogP contribution in [0, 0.1) is 6.92 Å². The van der Waals surface area contributed by atoms with E-state index in [0.717, 1.165) is 24.6 Å². The molecule has 122 valence electrons. The van der Waals surface area contributed by atoms with E-state index in [9.17, 15) is 13.2 Å². The van der Waals surface area contributed by atoms with E-state index in [-0.39, 0.29) is 12.1 Å². The Morgan fingerprint density at radius 3 is 2.50 bits per heavy atom. The molecule has 0 unspecified atom stereocenters. The average Bonchev–Trinajstić information content (AvgIpc) is 2.80. The van der Waals surface area contributed by atoms with E-state index >= 15 is 0 Å². The molecule has 0 amide bonds. The van der Waals surface area contributed by atoms with Gasteiger partial charge in [-0.2, -0.15) is 13.2 Å². The highest BCUT2D eigenvalue weighted by atomic mass is 19.4. The van der Waals surface area contributed by atoms with Gasteiger partial charge < -0.3 is 10.6 Å². The Bertz CT molecular complexity index is 564. The molecule has 1 aliphatic rings. The third-order valence-corrected chi connectivity index (χ3v) is 3.95. The number of nitrogens with zero attached hydrogens (tertiary/aromatic N) is 2. The first kappa shape index (κ1) is 16.6. The molecule has 0 bridgehead atoms. The molecule has 2 rings (SSSR count). The first-order valence-electron chi connectivity index (χ1n) is 7.45. The first-order valence-corrected chi connectivity index (χ1v) is 7.45. The third kappa shape index (κ3) is 3.72. The summed E-state index contributed by atoms with van der Waals surface area (Å²) in [5, 5.41) is 0. The number of nitrogens with two attached hydrogens (primary N) is 1. The van der Waals surface area contributed by atoms with Crippen molar-refractivity contribution in [3.63, 3.8) is 0 Å². The zero-order valence-corrected chi connectivity index (χ0v) is 13.1. The first-order chi connectivity index (χ1) is 10.2. The van der Waals surface area contributed by atoms with Crippen LogP contribution >= 0.6 is 0 Å². The van der Waals surface area contributed by atoms with Crippen molar-refractivity contribution in [2.45, 2.75) is 51.9 Å². The predicted octanol–water partition coefficient (Wildman–Crippen LogP) is 3.75. The number of hydrogen-bond acceptors (Lipinski definition) is 3. The van der Waals surface area contributed by atoms with Crippen LogP contribution in [0.2, 0.25) is 0 Å². The third-order valence-electron chi connectivity index (χ3n) is 3.95. The molecule has 0 aromatic heterocycles. The maximum absolute atomic E-state index is 12.8. The maximum atomic E-state index is 12.8. The quantitative estimate of drug-likeness (QED) is 0.920. The molecule has 0 saturated carbocycles. The topological polar surface area (TPSA) is 41.6 Å². The Morgan fingerprint density at radius 1 is 1.36 bits per heavy atom. The van der Waals surface area contributed by atoms with Gasteiger partial charge in [-0.15, -0.1) is 0 Å². The molecule has 1 aromatic rings. The summed E-state index contributed by atoms with van der Waals surface area (Å²) in [6.07, 6.45) is -2.62. The van der Waals surface area contributed by atoms with Gasteiger partial charge in [0.05, 0.1) is 17.4 Å². The Labute approximate surface area is 129 Å². The molecule has 0 fully saturated rings. The second-order valence-electron chi connectivity index (χ2n) is 6.06. The van der Waals surface area contributed by atoms with Crippen LogP contribution in [0.15, 0.2) is 23.2 Å². The Balaban J connectivity index is 2.25. The lowest BCUT2D eigenvalue weighted by molar-refractivity contribution is -0.137. The summed E-state index contributed by atoms with van der Waals surface area (Å²) >= 11 is 0. The number of alkyl halides is 3. The average molecular weight is 313 g/mol. The van der Waals surface area contributed by atoms with Gasteiger partial charge in [0, 0.05) is 24.7 Å². The smallest absolute Gasteiger partial charge is 0.387 e. The normalized spacial score (nSPS) is 18.7. The summed E-state index contributed by atoms with van der Waals surface area (Å²) in [7, 11) is 0. The lowest BCUT2D eigenvalue weighted by Crippen LogP contribution is -2.37. The van der Waals surface area contributed by atoms with Crippen molar-refractivity contribution in [1.82, 2.24) is 0 Å². The number of hydrogen-bond donors (Lipinski definition) is 1. The van der Waals surface area contributed by atoms with Crippen LogP contribution in [0.3, 0.4) is 0 Å². The number of anilines is 1. The molecular formula is C16H22F3N3. The van der Waals surface area contributed by atoms with E-state index in [1.54, 1.807) is 13.0 Å². The van der Waals surface area contributed by atoms with E-state index in [0.29, 0.717) is 17.9 Å². The second-order valence-corrected chi connectivity index (χ2v) is 6.06. The Morgan fingerprint density at radius 2 is 2.05 bits per heavy atom. The summed E-state index contributed by atoms with van der Waals surface area (Å²) in [5.41, 5.74) is 6.56. The molecule has 3 nitrogen and oxygen atoms in total. The summed E-state index contributed by atoms with van der Waals surface area (Å²) in [6.45, 7) is 6.44. The highest BCUT2D eigenvalue weighted by molar-refractivity contribution is 5.82. The minimum Gasteiger partial charge on any atom is -0.387 e. The number of halogens is 3. The van der Waals surface area contributed by atoms with Gasteiger partial charge in [0.2, 0.25) is 0 Å². The lowest BCUT2D eigenvalue weighted by atomic mass is 10.1. The Hall–Kier alpha value is -1.72. The molecule has 2 N–H and O–H groups in total. The predicted molar refractivity (Wildman–Crippen MR) is 83.3 cm³/mol. The molecule has 22 heavy (non-hydrogen) atoms. The fourth-order valence-corrected chi connectivity index (χ4v) is 2.78. The fourth-order valence-electron chi connectivity index (χ4n) is 2.78. The van der Waals surface area contributed by atoms with Crippen LogP contribution in [0.25, 0.3) is 0 Å². The van der Waals surface area contributed by atoms with Gasteiger partial charge in [0.1, 0.15) is 0 Å². The number of amidine groups is 1. The maximum Gasteiger partial charge on any atom is 0.416 e. The van der Waals surface area contributed by atoms with Crippen molar-refractivity contribution in [3.8, 4) is 0 Å². The van der Waals surface area contributed by atoms with Crippen LogP contribution in [0.5, 0.6) is 0 Å². The van der Waals surface area contributed by atoms with Crippen molar-refractivity contribution < 1.29 is 13.2 Å². The zero-order chi connectivity index (χ0) is 16.5. The molecule has 6 heteroatoms. The minimum absolute atomic E-state index is 0.115. The van der Waals surface area contributed by atoms with Gasteiger partial charge in [0.25, 0.3) is 0 Å². The van der Waals surface area contributed by atoms with Crippen LogP contribution < -0.4 is 10.6 Å². The fraction of sp³-hybridized carbons (Fsp3) is 0.562. The standard InChI is InChI=1S/C16H22F3N3/c1-10(2)22(9-13-5-7-15(20)21-13)14-6-4-12(8-11(14)3)16(17,18)19/h4,6,8,10,13H,5,7,9H2,1-3H3,(H2,20,21)/t13-/m1/s1. The van der Waals surface area contributed by atoms with E-state index in [1.807, 2.05) is 13.8 Å². The van der Waals surface area contributed by atoms with Gasteiger partial charge >= 0.3 is 6.18 Å². The molecular weight excluding hydrogens is 291 g/mol. The molecule has 0 radical (unpaired) electrons. The van der Waals surface area contributed by atoms with E-state index in [2.05, 4.69) is 9.89 Å². The van der Waals surface area contributed by atoms with Crippen molar-refractivity contribution in [2.75, 3.05) is 11.4 Å². The highest BCUT2D eigenvalue weighted by Crippen LogP contribution is 2.33. The molecule has 1 aliphatic heterocycles. The van der Waals surface area contributed by atoms with Gasteiger partial charge in [0.15, 0.2) is 0 Å². The molecule has 0 saturated heterocycles. The molecule has 1 aromatic carbocycles. The number of aryl methyl sites for hydroxylation is 1.